The number of hydrogen-bond donors (Lipinski definition) is 0. The second kappa shape index (κ2) is 30.2. The van der Waals surface area contributed by atoms with Gasteiger partial charge in [-0.15, -0.1) is 0 Å². The van der Waals surface area contributed by atoms with Crippen LogP contribution in [-0.2, 0) is 67.7 Å². The zero-order chi connectivity index (χ0) is 0. The van der Waals surface area contributed by atoms with Crippen molar-refractivity contribution >= 4 is 0 Å². The minimum Gasteiger partial charge on any atom is -1.00 e. The summed E-state index contributed by atoms with van der Waals surface area (Å²) < 4.78 is 0. The van der Waals surface area contributed by atoms with Crippen molar-refractivity contribution in [1.29, 1.82) is 0 Å². The summed E-state index contributed by atoms with van der Waals surface area (Å²) in [6.07, 6.45) is 0. The summed E-state index contributed by atoms with van der Waals surface area (Å²) in [5.74, 6) is 0. The van der Waals surface area contributed by atoms with Crippen molar-refractivity contribution in [3.63, 3.8) is 0 Å². The standard InChI is InChI=1S/Cu.Fe.Li.Mn.Ni.H/q;;+1;;;-1. The van der Waals surface area contributed by atoms with E-state index < -0.39 is 0 Å². The van der Waals surface area contributed by atoms with Crippen LogP contribution < -0.4 is 18.9 Å². The third kappa shape index (κ3) is 20.5. The molecule has 0 amide bonds. The Morgan fingerprint density at radius 2 is 1.20 bits per heavy atom. The molecule has 5 heavy (non-hydrogen) atoms. The summed E-state index contributed by atoms with van der Waals surface area (Å²) in [7, 11) is 0. The molecule has 0 aromatic rings. The molecule has 0 rings (SSSR count). The molecule has 0 aliphatic heterocycles. The van der Waals surface area contributed by atoms with Crippen LogP contribution in [-0.4, -0.2) is 0 Å². The van der Waals surface area contributed by atoms with Gasteiger partial charge in [0.1, 0.15) is 0 Å². The molecular weight excluding hydrogens is 240 g/mol. The number of rotatable bonds is 0. The van der Waals surface area contributed by atoms with Crippen molar-refractivity contribution in [1.82, 2.24) is 0 Å². The van der Waals surface area contributed by atoms with E-state index >= 15 is 0 Å². The van der Waals surface area contributed by atoms with E-state index in [9.17, 15) is 0 Å². The molecule has 0 bridgehead atoms. The predicted molar refractivity (Wildman–Crippen MR) is 1.11 cm³/mol. The van der Waals surface area contributed by atoms with Gasteiger partial charge in [0.05, 0.1) is 0 Å². The largest absolute Gasteiger partial charge is 1.00 e. The van der Waals surface area contributed by atoms with Crippen LogP contribution in [0.3, 0.4) is 0 Å². The van der Waals surface area contributed by atoms with Crippen LogP contribution in [0.25, 0.3) is 0 Å². The molecule has 0 nitrogen and oxygen atoms in total. The fraction of sp³-hybridized carbons (Fsp3) is 0. The SMILES string of the molecule is [Cu].[Fe].[H-].[Li+].[Mn].[Ni]. The molecule has 2 radical (unpaired) electrons. The quantitative estimate of drug-likeness (QED) is 0.399. The summed E-state index contributed by atoms with van der Waals surface area (Å²) >= 11 is 0. The first kappa shape index (κ1) is 48.2. The smallest absolute Gasteiger partial charge is 1.00 e. The second-order valence-corrected chi connectivity index (χ2v) is 0. The van der Waals surface area contributed by atoms with E-state index in [1.165, 1.54) is 0 Å². The van der Waals surface area contributed by atoms with E-state index in [1.54, 1.807) is 0 Å². The predicted octanol–water partition coefficient (Wildman–Crippen LogP) is -2.89. The van der Waals surface area contributed by atoms with Gasteiger partial charge in [0.2, 0.25) is 0 Å². The maximum Gasteiger partial charge on any atom is 1.00 e. The van der Waals surface area contributed by atoms with Crippen LogP contribution in [0.1, 0.15) is 1.43 Å². The van der Waals surface area contributed by atoms with Gasteiger partial charge in [0.25, 0.3) is 0 Å². The van der Waals surface area contributed by atoms with E-state index in [1.807, 2.05) is 0 Å². The third-order valence-electron chi connectivity index (χ3n) is 0. The summed E-state index contributed by atoms with van der Waals surface area (Å²) in [4.78, 5) is 0. The maximum atomic E-state index is 0. The van der Waals surface area contributed by atoms with Gasteiger partial charge >= 0.3 is 18.9 Å². The summed E-state index contributed by atoms with van der Waals surface area (Å²) in [5.41, 5.74) is 0. The van der Waals surface area contributed by atoms with E-state index in [0.717, 1.165) is 0 Å². The van der Waals surface area contributed by atoms with Gasteiger partial charge in [-0.25, -0.2) is 0 Å². The van der Waals surface area contributed by atoms with E-state index in [-0.39, 0.29) is 88.0 Å². The van der Waals surface area contributed by atoms with E-state index in [2.05, 4.69) is 0 Å². The molecule has 0 aliphatic carbocycles. The first-order valence-corrected chi connectivity index (χ1v) is 0. The molecule has 0 N–H and O–H groups in total. The monoisotopic (exact) mass is 240 g/mol. The molecule has 0 heterocycles. The van der Waals surface area contributed by atoms with Gasteiger partial charge in [-0.3, -0.25) is 0 Å². The summed E-state index contributed by atoms with van der Waals surface area (Å²) in [6.45, 7) is 0. The van der Waals surface area contributed by atoms with E-state index in [4.69, 9.17) is 0 Å². The Morgan fingerprint density at radius 3 is 1.20 bits per heavy atom. The van der Waals surface area contributed by atoms with E-state index in [0.29, 0.717) is 0 Å². The Labute approximate surface area is 87.0 Å². The molecule has 0 saturated carbocycles. The molecule has 5 heteroatoms. The molecular formula is HCuFeLiMnNi. The van der Waals surface area contributed by atoms with Crippen molar-refractivity contribution in [3.05, 3.63) is 0 Å². The number of hydrogen-bond acceptors (Lipinski definition) is 0. The van der Waals surface area contributed by atoms with Gasteiger partial charge in [-0.2, -0.15) is 0 Å². The molecule has 0 fully saturated rings. The minimum atomic E-state index is 0. The Bertz CT molecular complexity index is 15.5. The first-order valence-electron chi connectivity index (χ1n) is 0. The van der Waals surface area contributed by atoms with Crippen molar-refractivity contribution < 1.29 is 88.0 Å². The normalized spacial score (nSPS) is 0. The van der Waals surface area contributed by atoms with Crippen LogP contribution in [0.15, 0.2) is 0 Å². The molecule has 0 atom stereocenters. The fourth-order valence-corrected chi connectivity index (χ4v) is 0. The average molecular weight is 241 g/mol. The molecule has 0 aliphatic rings. The topological polar surface area (TPSA) is 0 Å². The second-order valence-electron chi connectivity index (χ2n) is 0. The van der Waals surface area contributed by atoms with Gasteiger partial charge < -0.3 is 1.43 Å². The average Bonchev–Trinajstić information content (AvgIpc) is 0. The van der Waals surface area contributed by atoms with Crippen LogP contribution in [0, 0.1) is 0 Å². The molecule has 38 valence electrons. The molecule has 0 spiro atoms. The first-order chi connectivity index (χ1) is 0. The van der Waals surface area contributed by atoms with Crippen molar-refractivity contribution in [3.8, 4) is 0 Å². The fourth-order valence-electron chi connectivity index (χ4n) is 0. The Hall–Kier alpha value is 2.65. The van der Waals surface area contributed by atoms with Crippen LogP contribution in [0.2, 0.25) is 0 Å². The maximum absolute atomic E-state index is 0. The van der Waals surface area contributed by atoms with Gasteiger partial charge in [0, 0.05) is 67.7 Å². The van der Waals surface area contributed by atoms with Crippen LogP contribution >= 0.6 is 0 Å². The van der Waals surface area contributed by atoms with Crippen molar-refractivity contribution in [2.45, 2.75) is 0 Å². The van der Waals surface area contributed by atoms with Gasteiger partial charge in [0.15, 0.2) is 0 Å². The minimum absolute atomic E-state index is 0. The van der Waals surface area contributed by atoms with Gasteiger partial charge in [-0.1, -0.05) is 0 Å². The Kier molecular flexibility index (Phi) is 291. The molecule has 0 aromatic carbocycles. The molecule has 0 aromatic heterocycles. The molecule has 0 saturated heterocycles. The van der Waals surface area contributed by atoms with Gasteiger partial charge in [-0.05, 0) is 0 Å². The molecule has 0 unspecified atom stereocenters. The Morgan fingerprint density at radius 1 is 1.20 bits per heavy atom. The van der Waals surface area contributed by atoms with Crippen LogP contribution in [0.5, 0.6) is 0 Å². The van der Waals surface area contributed by atoms with Crippen molar-refractivity contribution in [2.24, 2.45) is 0 Å². The van der Waals surface area contributed by atoms with Crippen molar-refractivity contribution in [2.75, 3.05) is 0 Å². The zero-order valence-corrected chi connectivity index (χ0v) is 6.56. The zero-order valence-electron chi connectivity index (χ0n) is 3.35. The van der Waals surface area contributed by atoms with Crippen LogP contribution in [0.4, 0.5) is 0 Å². The summed E-state index contributed by atoms with van der Waals surface area (Å²) in [6, 6.07) is 0. The Balaban J connectivity index is 0. The summed E-state index contributed by atoms with van der Waals surface area (Å²) in [5, 5.41) is 0. The third-order valence-corrected chi connectivity index (χ3v) is 0.